The highest BCUT2D eigenvalue weighted by Crippen LogP contribution is 2.44. The van der Waals surface area contributed by atoms with E-state index in [9.17, 15) is 0 Å². The van der Waals surface area contributed by atoms with Gasteiger partial charge in [0, 0.05) is 22.7 Å². The zero-order chi connectivity index (χ0) is 10.1. The molecule has 1 aliphatic rings. The number of benzene rings is 1. The largest absolute Gasteiger partial charge is 0.263 e. The smallest absolute Gasteiger partial charge is 0.0399 e. The van der Waals surface area contributed by atoms with Gasteiger partial charge < -0.3 is 0 Å². The molecule has 0 radical (unpaired) electrons. The van der Waals surface area contributed by atoms with E-state index in [2.05, 4.69) is 52.2 Å². The summed E-state index contributed by atoms with van der Waals surface area (Å²) in [5.41, 5.74) is 0. The van der Waals surface area contributed by atoms with Crippen LogP contribution in [0.4, 0.5) is 0 Å². The van der Waals surface area contributed by atoms with Crippen LogP contribution in [-0.4, -0.2) is 4.98 Å². The molecule has 1 aromatic carbocycles. The number of pyridine rings is 1. The second kappa shape index (κ2) is 3.55. The number of nitrogens with zero attached hydrogens (tertiary/aromatic N) is 1. The van der Waals surface area contributed by atoms with Gasteiger partial charge in [-0.2, -0.15) is 10.9 Å². The summed E-state index contributed by atoms with van der Waals surface area (Å²) in [5.74, 6) is 0. The van der Waals surface area contributed by atoms with E-state index >= 15 is 0 Å². The molecule has 0 saturated heterocycles. The average molecular weight is 213 g/mol. The maximum absolute atomic E-state index is 4.31. The van der Waals surface area contributed by atoms with Crippen LogP contribution in [0.2, 0.25) is 0 Å². The summed E-state index contributed by atoms with van der Waals surface area (Å²) in [6.45, 7) is 0. The highest BCUT2D eigenvalue weighted by molar-refractivity contribution is 8.22. The fourth-order valence-electron chi connectivity index (χ4n) is 1.80. The van der Waals surface area contributed by atoms with Gasteiger partial charge in [-0.05, 0) is 16.2 Å². The summed E-state index contributed by atoms with van der Waals surface area (Å²) in [7, 11) is -0.264. The van der Waals surface area contributed by atoms with Crippen LogP contribution in [-0.2, 0) is 0 Å². The summed E-state index contributed by atoms with van der Waals surface area (Å²) in [6.07, 6.45) is 8.16. The minimum absolute atomic E-state index is 0.264. The summed E-state index contributed by atoms with van der Waals surface area (Å²) in [6, 6.07) is 8.44. The van der Waals surface area contributed by atoms with Crippen molar-refractivity contribution >= 4 is 21.7 Å². The lowest BCUT2D eigenvalue weighted by atomic mass is 10.2. The molecular formula is C13H11NS. The molecule has 0 N–H and O–H groups in total. The molecule has 74 valence electrons. The third kappa shape index (κ3) is 1.47. The molecule has 0 unspecified atom stereocenters. The van der Waals surface area contributed by atoms with Crippen molar-refractivity contribution in [2.24, 2.45) is 0 Å². The lowest BCUT2D eigenvalue weighted by Crippen LogP contribution is -1.82. The molecule has 0 bridgehead atoms. The normalized spacial score (nSPS) is 16.4. The zero-order valence-electron chi connectivity index (χ0n) is 8.17. The number of fused-ring (bicyclic) bond motifs is 1. The molecular weight excluding hydrogens is 202 g/mol. The van der Waals surface area contributed by atoms with Crippen LogP contribution in [0.25, 0.3) is 10.8 Å². The van der Waals surface area contributed by atoms with E-state index in [4.69, 9.17) is 0 Å². The molecule has 2 heterocycles. The van der Waals surface area contributed by atoms with E-state index in [-0.39, 0.29) is 10.9 Å². The van der Waals surface area contributed by atoms with Crippen molar-refractivity contribution in [1.82, 2.24) is 4.98 Å². The van der Waals surface area contributed by atoms with Crippen LogP contribution in [0, 0.1) is 0 Å². The van der Waals surface area contributed by atoms with Crippen molar-refractivity contribution in [2.75, 3.05) is 0 Å². The van der Waals surface area contributed by atoms with Crippen molar-refractivity contribution in [3.8, 4) is 0 Å². The van der Waals surface area contributed by atoms with Crippen molar-refractivity contribution in [3.63, 3.8) is 0 Å². The summed E-state index contributed by atoms with van der Waals surface area (Å²) in [4.78, 5) is 5.66. The quantitative estimate of drug-likeness (QED) is 0.714. The highest BCUT2D eigenvalue weighted by atomic mass is 32.2. The first-order chi connectivity index (χ1) is 7.45. The zero-order valence-corrected chi connectivity index (χ0v) is 9.06. The van der Waals surface area contributed by atoms with Crippen LogP contribution in [0.5, 0.6) is 0 Å². The monoisotopic (exact) mass is 213 g/mol. The fraction of sp³-hybridized carbons (Fsp3) is 0. The van der Waals surface area contributed by atoms with Gasteiger partial charge in [0.15, 0.2) is 0 Å². The molecule has 1 aromatic heterocycles. The average Bonchev–Trinajstić information content (AvgIpc) is 2.82. The molecule has 0 amide bonds. The van der Waals surface area contributed by atoms with Crippen molar-refractivity contribution in [2.45, 2.75) is 4.90 Å². The van der Waals surface area contributed by atoms with Gasteiger partial charge in [0.2, 0.25) is 0 Å². The fourth-order valence-corrected chi connectivity index (χ4v) is 3.47. The second-order valence-electron chi connectivity index (χ2n) is 3.47. The van der Waals surface area contributed by atoms with E-state index < -0.39 is 0 Å². The highest BCUT2D eigenvalue weighted by Gasteiger charge is 2.07. The van der Waals surface area contributed by atoms with Crippen LogP contribution in [0.3, 0.4) is 0 Å². The van der Waals surface area contributed by atoms with Crippen LogP contribution < -0.4 is 0 Å². The van der Waals surface area contributed by atoms with Gasteiger partial charge in [-0.1, -0.05) is 36.4 Å². The number of hydrogen-bond donors (Lipinski definition) is 1. The molecule has 2 heteroatoms. The van der Waals surface area contributed by atoms with E-state index in [1.54, 1.807) is 0 Å². The van der Waals surface area contributed by atoms with Crippen molar-refractivity contribution in [3.05, 3.63) is 59.6 Å². The number of hydrogen-bond acceptors (Lipinski definition) is 1. The molecule has 15 heavy (non-hydrogen) atoms. The first kappa shape index (κ1) is 8.74. The van der Waals surface area contributed by atoms with Gasteiger partial charge in [-0.3, -0.25) is 4.98 Å². The second-order valence-corrected chi connectivity index (χ2v) is 5.36. The third-order valence-corrected chi connectivity index (χ3v) is 4.43. The molecule has 0 fully saturated rings. The number of thiol groups is 1. The molecule has 1 aliphatic heterocycles. The predicted octanol–water partition coefficient (Wildman–Crippen LogP) is 3.64. The van der Waals surface area contributed by atoms with Crippen LogP contribution >= 0.6 is 10.9 Å². The summed E-state index contributed by atoms with van der Waals surface area (Å²) >= 11 is 0. The van der Waals surface area contributed by atoms with Gasteiger partial charge in [-0.15, -0.1) is 0 Å². The van der Waals surface area contributed by atoms with Gasteiger partial charge in [0.1, 0.15) is 0 Å². The van der Waals surface area contributed by atoms with E-state index in [0.29, 0.717) is 0 Å². The molecule has 0 atom stereocenters. The first-order valence-corrected chi connectivity index (χ1v) is 6.39. The minimum Gasteiger partial charge on any atom is -0.263 e. The number of rotatable bonds is 1. The van der Waals surface area contributed by atoms with Crippen LogP contribution in [0.1, 0.15) is 0 Å². The van der Waals surface area contributed by atoms with Crippen molar-refractivity contribution < 1.29 is 0 Å². The van der Waals surface area contributed by atoms with Gasteiger partial charge in [-0.25, -0.2) is 0 Å². The Kier molecular flexibility index (Phi) is 2.07. The number of allylic oxidation sites excluding steroid dienone is 2. The number of aromatic nitrogens is 1. The lowest BCUT2D eigenvalue weighted by Gasteiger charge is -2.12. The Morgan fingerprint density at radius 1 is 0.933 bits per heavy atom. The maximum atomic E-state index is 4.31. The van der Waals surface area contributed by atoms with Gasteiger partial charge in [0.05, 0.1) is 0 Å². The molecule has 0 spiro atoms. The minimum atomic E-state index is -0.264. The Labute approximate surface area is 91.5 Å². The Hall–Kier alpha value is -1.54. The molecule has 0 aliphatic carbocycles. The SMILES string of the molecule is C1=C[SH](c2cncc3ccccc23)C=C1. The Morgan fingerprint density at radius 3 is 2.60 bits per heavy atom. The summed E-state index contributed by atoms with van der Waals surface area (Å²) < 4.78 is 0. The van der Waals surface area contributed by atoms with Crippen molar-refractivity contribution in [1.29, 1.82) is 0 Å². The predicted molar refractivity (Wildman–Crippen MR) is 67.3 cm³/mol. The molecule has 2 aromatic rings. The summed E-state index contributed by atoms with van der Waals surface area (Å²) in [5, 5.41) is 7.08. The van der Waals surface area contributed by atoms with E-state index in [0.717, 1.165) is 0 Å². The Balaban J connectivity index is 2.26. The molecule has 1 nitrogen and oxygen atoms in total. The van der Waals surface area contributed by atoms with Gasteiger partial charge in [0.25, 0.3) is 0 Å². The Bertz CT molecular complexity index is 540. The maximum Gasteiger partial charge on any atom is 0.0399 e. The standard InChI is InChI=1S/C13H11NS/c1-2-6-12-11(5-1)9-14-10-13(12)15-7-3-4-8-15/h1-10,15H. The first-order valence-electron chi connectivity index (χ1n) is 4.91. The lowest BCUT2D eigenvalue weighted by molar-refractivity contribution is 1.29. The Morgan fingerprint density at radius 2 is 1.73 bits per heavy atom. The van der Waals surface area contributed by atoms with Crippen LogP contribution in [0.15, 0.2) is 64.5 Å². The third-order valence-electron chi connectivity index (χ3n) is 2.53. The molecule has 3 rings (SSSR count). The van der Waals surface area contributed by atoms with E-state index in [1.807, 2.05) is 12.4 Å². The van der Waals surface area contributed by atoms with Gasteiger partial charge >= 0.3 is 0 Å². The molecule has 0 saturated carbocycles. The van der Waals surface area contributed by atoms with E-state index in [1.165, 1.54) is 15.7 Å². The topological polar surface area (TPSA) is 12.9 Å².